The van der Waals surface area contributed by atoms with Gasteiger partial charge >= 0.3 is 0 Å². The molecule has 106 valence electrons. The van der Waals surface area contributed by atoms with Crippen molar-refractivity contribution < 1.29 is 0 Å². The summed E-state index contributed by atoms with van der Waals surface area (Å²) in [5, 5.41) is 5.07. The van der Waals surface area contributed by atoms with Crippen LogP contribution in [0.3, 0.4) is 0 Å². The monoisotopic (exact) mass is 299 g/mol. The smallest absolute Gasteiger partial charge is 0.0453 e. The molecule has 1 nitrogen and oxygen atoms in total. The molecule has 0 aromatic heterocycles. The van der Waals surface area contributed by atoms with E-state index in [0.29, 0.717) is 6.04 Å². The van der Waals surface area contributed by atoms with Gasteiger partial charge in [-0.3, -0.25) is 0 Å². The molecule has 19 heavy (non-hydrogen) atoms. The van der Waals surface area contributed by atoms with Crippen molar-refractivity contribution in [1.29, 1.82) is 0 Å². The summed E-state index contributed by atoms with van der Waals surface area (Å²) in [5.74, 6) is 0.750. The predicted molar refractivity (Wildman–Crippen MR) is 84.2 cm³/mol. The van der Waals surface area contributed by atoms with Crippen LogP contribution < -0.4 is 5.32 Å². The van der Waals surface area contributed by atoms with Crippen molar-refractivity contribution in [2.45, 2.75) is 51.0 Å². The van der Waals surface area contributed by atoms with Gasteiger partial charge in [0.2, 0.25) is 0 Å². The molecule has 0 radical (unpaired) electrons. The van der Waals surface area contributed by atoms with Crippen molar-refractivity contribution in [2.24, 2.45) is 5.92 Å². The molecule has 0 amide bonds. The van der Waals surface area contributed by atoms with E-state index in [1.165, 1.54) is 38.5 Å². The fourth-order valence-electron chi connectivity index (χ4n) is 3.16. The van der Waals surface area contributed by atoms with Crippen molar-refractivity contribution in [3.63, 3.8) is 0 Å². The van der Waals surface area contributed by atoms with Crippen LogP contribution in [0.15, 0.2) is 18.2 Å². The minimum absolute atomic E-state index is 0.482. The highest BCUT2D eigenvalue weighted by atomic mass is 35.5. The van der Waals surface area contributed by atoms with Crippen LogP contribution in [0.4, 0.5) is 0 Å². The van der Waals surface area contributed by atoms with Crippen molar-refractivity contribution >= 4 is 23.2 Å². The Labute approximate surface area is 126 Å². The third-order valence-corrected chi connectivity index (χ3v) is 5.03. The van der Waals surface area contributed by atoms with E-state index in [1.54, 1.807) is 0 Å². The van der Waals surface area contributed by atoms with E-state index in [1.807, 2.05) is 18.2 Å². The molecule has 1 aliphatic rings. The summed E-state index contributed by atoms with van der Waals surface area (Å²) in [6.45, 7) is 0. The lowest BCUT2D eigenvalue weighted by molar-refractivity contribution is 0.332. The molecule has 2 rings (SSSR count). The van der Waals surface area contributed by atoms with Gasteiger partial charge in [-0.05, 0) is 49.9 Å². The number of halogens is 2. The third-order valence-electron chi connectivity index (χ3n) is 4.33. The lowest BCUT2D eigenvalue weighted by atomic mass is 9.88. The molecule has 0 aliphatic heterocycles. The Kier molecular flexibility index (Phi) is 6.00. The zero-order valence-corrected chi connectivity index (χ0v) is 13.1. The van der Waals surface area contributed by atoms with Crippen molar-refractivity contribution in [1.82, 2.24) is 5.32 Å². The van der Waals surface area contributed by atoms with E-state index in [4.69, 9.17) is 23.2 Å². The zero-order valence-electron chi connectivity index (χ0n) is 11.6. The number of likely N-dealkylation sites (N-methyl/N-ethyl adjacent to an activating group) is 1. The molecular formula is C16H23Cl2N. The van der Waals surface area contributed by atoms with Gasteiger partial charge in [0.05, 0.1) is 0 Å². The molecule has 1 aliphatic carbocycles. The summed E-state index contributed by atoms with van der Waals surface area (Å²) in [6, 6.07) is 6.26. The maximum atomic E-state index is 6.29. The highest BCUT2D eigenvalue weighted by Crippen LogP contribution is 2.31. The summed E-state index contributed by atoms with van der Waals surface area (Å²) < 4.78 is 0. The van der Waals surface area contributed by atoms with Gasteiger partial charge in [-0.2, -0.15) is 0 Å². The molecule has 0 heterocycles. The standard InChI is InChI=1S/C16H23Cl2N/c1-19-16(12-7-4-2-3-5-8-12)11-13-14(17)9-6-10-15(13)18/h6,9-10,12,16,19H,2-5,7-8,11H2,1H3. The van der Waals surface area contributed by atoms with Crippen LogP contribution >= 0.6 is 23.2 Å². The fourth-order valence-corrected chi connectivity index (χ4v) is 3.72. The second-order valence-electron chi connectivity index (χ2n) is 5.55. The van der Waals surface area contributed by atoms with E-state index in [9.17, 15) is 0 Å². The van der Waals surface area contributed by atoms with Crippen LogP contribution in [0.25, 0.3) is 0 Å². The highest BCUT2D eigenvalue weighted by molar-refractivity contribution is 6.36. The van der Waals surface area contributed by atoms with E-state index in [2.05, 4.69) is 12.4 Å². The summed E-state index contributed by atoms with van der Waals surface area (Å²) in [4.78, 5) is 0. The average Bonchev–Trinajstić information content (AvgIpc) is 2.67. The third kappa shape index (κ3) is 4.11. The van der Waals surface area contributed by atoms with Crippen molar-refractivity contribution in [3.05, 3.63) is 33.8 Å². The highest BCUT2D eigenvalue weighted by Gasteiger charge is 2.23. The molecule has 0 spiro atoms. The van der Waals surface area contributed by atoms with Gasteiger partial charge in [-0.25, -0.2) is 0 Å². The van der Waals surface area contributed by atoms with E-state index in [-0.39, 0.29) is 0 Å². The van der Waals surface area contributed by atoms with E-state index >= 15 is 0 Å². The molecule has 1 atom stereocenters. The Hall–Kier alpha value is -0.240. The first-order valence-corrected chi connectivity index (χ1v) is 8.08. The van der Waals surface area contributed by atoms with Crippen molar-refractivity contribution in [2.75, 3.05) is 7.05 Å². The Morgan fingerprint density at radius 2 is 1.68 bits per heavy atom. The van der Waals surface area contributed by atoms with Gasteiger partial charge in [0.25, 0.3) is 0 Å². The molecule has 3 heteroatoms. The summed E-state index contributed by atoms with van der Waals surface area (Å²) >= 11 is 12.6. The Morgan fingerprint density at radius 1 is 1.11 bits per heavy atom. The van der Waals surface area contributed by atoms with Crippen LogP contribution in [0.1, 0.15) is 44.1 Å². The van der Waals surface area contributed by atoms with Crippen LogP contribution in [0.5, 0.6) is 0 Å². The van der Waals surface area contributed by atoms with Crippen LogP contribution in [0.2, 0.25) is 10.0 Å². The minimum atomic E-state index is 0.482. The molecule has 1 saturated carbocycles. The summed E-state index contributed by atoms with van der Waals surface area (Å²) in [7, 11) is 2.06. The number of rotatable bonds is 4. The second kappa shape index (κ2) is 7.52. The minimum Gasteiger partial charge on any atom is -0.316 e. The van der Waals surface area contributed by atoms with E-state index < -0.39 is 0 Å². The largest absolute Gasteiger partial charge is 0.316 e. The molecule has 0 bridgehead atoms. The fraction of sp³-hybridized carbons (Fsp3) is 0.625. The molecule has 1 aromatic rings. The normalized spacial score (nSPS) is 19.1. The molecule has 1 aromatic carbocycles. The van der Waals surface area contributed by atoms with Gasteiger partial charge in [0.15, 0.2) is 0 Å². The van der Waals surface area contributed by atoms with Gasteiger partial charge in [0.1, 0.15) is 0 Å². The zero-order chi connectivity index (χ0) is 13.7. The quantitative estimate of drug-likeness (QED) is 0.763. The number of nitrogens with one attached hydrogen (secondary N) is 1. The molecule has 1 fully saturated rings. The SMILES string of the molecule is CNC(Cc1c(Cl)cccc1Cl)C1CCCCCC1. The summed E-state index contributed by atoms with van der Waals surface area (Å²) in [5.41, 5.74) is 1.09. The first kappa shape index (κ1) is 15.2. The van der Waals surface area contributed by atoms with Gasteiger partial charge in [-0.15, -0.1) is 0 Å². The predicted octanol–water partition coefficient (Wildman–Crippen LogP) is 5.09. The van der Waals surface area contributed by atoms with Crippen LogP contribution in [-0.4, -0.2) is 13.1 Å². The topological polar surface area (TPSA) is 12.0 Å². The maximum absolute atomic E-state index is 6.29. The second-order valence-corrected chi connectivity index (χ2v) is 6.37. The first-order chi connectivity index (χ1) is 9.22. The summed E-state index contributed by atoms with van der Waals surface area (Å²) in [6.07, 6.45) is 9.08. The van der Waals surface area contributed by atoms with Crippen molar-refractivity contribution in [3.8, 4) is 0 Å². The molecule has 0 saturated heterocycles. The molecular weight excluding hydrogens is 277 g/mol. The number of hydrogen-bond acceptors (Lipinski definition) is 1. The Bertz CT molecular complexity index is 377. The maximum Gasteiger partial charge on any atom is 0.0453 e. The number of hydrogen-bond donors (Lipinski definition) is 1. The molecule has 1 N–H and O–H groups in total. The average molecular weight is 300 g/mol. The Morgan fingerprint density at radius 3 is 2.21 bits per heavy atom. The first-order valence-electron chi connectivity index (χ1n) is 7.32. The van der Waals surface area contributed by atoms with Gasteiger partial charge < -0.3 is 5.32 Å². The van der Waals surface area contributed by atoms with Gasteiger partial charge in [-0.1, -0.05) is 55.0 Å². The van der Waals surface area contributed by atoms with Crippen LogP contribution in [-0.2, 0) is 6.42 Å². The van der Waals surface area contributed by atoms with Crippen LogP contribution in [0, 0.1) is 5.92 Å². The lowest BCUT2D eigenvalue weighted by Gasteiger charge is -2.26. The lowest BCUT2D eigenvalue weighted by Crippen LogP contribution is -2.35. The Balaban J connectivity index is 2.09. The molecule has 1 unspecified atom stereocenters. The van der Waals surface area contributed by atoms with Gasteiger partial charge in [0, 0.05) is 16.1 Å². The number of benzene rings is 1. The van der Waals surface area contributed by atoms with E-state index in [0.717, 1.165) is 27.9 Å².